The number of imidazole rings is 1. The van der Waals surface area contributed by atoms with Gasteiger partial charge in [0.05, 0.1) is 0 Å². The topological polar surface area (TPSA) is 66.6 Å². The van der Waals surface area contributed by atoms with Crippen molar-refractivity contribution in [2.45, 2.75) is 20.4 Å². The van der Waals surface area contributed by atoms with Crippen LogP contribution in [0, 0.1) is 5.92 Å². The van der Waals surface area contributed by atoms with Gasteiger partial charge < -0.3 is 14.8 Å². The Hall–Kier alpha value is -1.88. The normalized spacial score (nSPS) is 11.3. The zero-order valence-corrected chi connectivity index (χ0v) is 10.6. The van der Waals surface area contributed by atoms with E-state index in [-0.39, 0.29) is 5.69 Å². The molecule has 0 bridgehead atoms. The molecule has 0 amide bonds. The number of carboxylic acid groups (broad SMARTS) is 1. The molecule has 0 aromatic carbocycles. The van der Waals surface area contributed by atoms with Crippen LogP contribution in [0.3, 0.4) is 0 Å². The molecule has 5 heteroatoms. The predicted molar refractivity (Wildman–Crippen MR) is 68.7 cm³/mol. The number of hydrogen-bond donors (Lipinski definition) is 2. The average Bonchev–Trinajstić information content (AvgIpc) is 2.71. The van der Waals surface area contributed by atoms with Gasteiger partial charge in [0.1, 0.15) is 5.65 Å². The lowest BCUT2D eigenvalue weighted by Gasteiger charge is -2.07. The van der Waals surface area contributed by atoms with E-state index in [1.807, 2.05) is 18.3 Å². The largest absolute Gasteiger partial charge is 0.476 e. The fourth-order valence-electron chi connectivity index (χ4n) is 1.75. The lowest BCUT2D eigenvalue weighted by Crippen LogP contribution is -2.19. The number of rotatable bonds is 5. The van der Waals surface area contributed by atoms with Gasteiger partial charge in [0.2, 0.25) is 0 Å². The molecule has 0 aliphatic rings. The second-order valence-electron chi connectivity index (χ2n) is 4.76. The van der Waals surface area contributed by atoms with Crippen LogP contribution in [0.5, 0.6) is 0 Å². The van der Waals surface area contributed by atoms with Crippen molar-refractivity contribution in [2.75, 3.05) is 6.54 Å². The zero-order chi connectivity index (χ0) is 13.1. The number of nitrogens with one attached hydrogen (secondary N) is 1. The highest BCUT2D eigenvalue weighted by Gasteiger charge is 2.08. The molecule has 2 aromatic rings. The third-order valence-electron chi connectivity index (χ3n) is 2.61. The Morgan fingerprint density at radius 3 is 2.89 bits per heavy atom. The highest BCUT2D eigenvalue weighted by molar-refractivity contribution is 5.86. The Morgan fingerprint density at radius 2 is 2.22 bits per heavy atom. The second kappa shape index (κ2) is 5.18. The van der Waals surface area contributed by atoms with E-state index in [0.717, 1.165) is 18.7 Å². The molecule has 2 N–H and O–H groups in total. The molecule has 5 nitrogen and oxygen atoms in total. The Morgan fingerprint density at radius 1 is 1.44 bits per heavy atom. The summed E-state index contributed by atoms with van der Waals surface area (Å²) in [7, 11) is 0. The monoisotopic (exact) mass is 247 g/mol. The molecule has 0 spiro atoms. The van der Waals surface area contributed by atoms with Crippen LogP contribution in [-0.2, 0) is 6.54 Å². The minimum absolute atomic E-state index is 0.0716. The lowest BCUT2D eigenvalue weighted by atomic mass is 10.2. The summed E-state index contributed by atoms with van der Waals surface area (Å²) in [5.41, 5.74) is 1.83. The summed E-state index contributed by atoms with van der Waals surface area (Å²) in [6.45, 7) is 6.05. The third-order valence-corrected chi connectivity index (χ3v) is 2.61. The fourth-order valence-corrected chi connectivity index (χ4v) is 1.75. The highest BCUT2D eigenvalue weighted by atomic mass is 16.4. The van der Waals surface area contributed by atoms with Gasteiger partial charge in [-0.2, -0.15) is 0 Å². The number of aromatic nitrogens is 2. The Kier molecular flexibility index (Phi) is 3.62. The van der Waals surface area contributed by atoms with Crippen molar-refractivity contribution in [2.24, 2.45) is 5.92 Å². The number of hydrogen-bond acceptors (Lipinski definition) is 3. The quantitative estimate of drug-likeness (QED) is 0.845. The first-order chi connectivity index (χ1) is 8.56. The molecule has 0 radical (unpaired) electrons. The minimum atomic E-state index is -1.00. The van der Waals surface area contributed by atoms with Gasteiger partial charge in [-0.15, -0.1) is 0 Å². The van der Waals surface area contributed by atoms with Crippen LogP contribution in [0.15, 0.2) is 24.5 Å². The van der Waals surface area contributed by atoms with Gasteiger partial charge in [0.25, 0.3) is 0 Å². The molecular weight excluding hydrogens is 230 g/mol. The molecule has 96 valence electrons. The number of fused-ring (bicyclic) bond motifs is 1. The molecule has 2 aromatic heterocycles. The van der Waals surface area contributed by atoms with Crippen LogP contribution < -0.4 is 5.32 Å². The van der Waals surface area contributed by atoms with E-state index in [4.69, 9.17) is 5.11 Å². The minimum Gasteiger partial charge on any atom is -0.476 e. The summed E-state index contributed by atoms with van der Waals surface area (Å²) in [6.07, 6.45) is 3.44. The van der Waals surface area contributed by atoms with E-state index in [1.54, 1.807) is 4.40 Å². The highest BCUT2D eigenvalue weighted by Crippen LogP contribution is 2.08. The van der Waals surface area contributed by atoms with E-state index >= 15 is 0 Å². The molecule has 0 aliphatic carbocycles. The summed E-state index contributed by atoms with van der Waals surface area (Å²) in [6, 6.07) is 3.79. The number of aromatic carboxylic acids is 1. The van der Waals surface area contributed by atoms with E-state index in [2.05, 4.69) is 24.1 Å². The second-order valence-corrected chi connectivity index (χ2v) is 4.76. The number of pyridine rings is 1. The van der Waals surface area contributed by atoms with Crippen LogP contribution in [0.4, 0.5) is 0 Å². The maximum absolute atomic E-state index is 10.8. The molecule has 0 saturated carbocycles. The van der Waals surface area contributed by atoms with Crippen LogP contribution in [0.25, 0.3) is 5.65 Å². The van der Waals surface area contributed by atoms with Crippen molar-refractivity contribution in [3.05, 3.63) is 35.8 Å². The molecule has 0 aliphatic heterocycles. The SMILES string of the molecule is CC(C)CNCc1ccc2nc(C(=O)O)cn2c1. The standard InChI is InChI=1S/C13H17N3O2/c1-9(2)5-14-6-10-3-4-12-15-11(13(17)18)8-16(12)7-10/h3-4,7-9,14H,5-6H2,1-2H3,(H,17,18). The average molecular weight is 247 g/mol. The van der Waals surface area contributed by atoms with Crippen molar-refractivity contribution in [3.8, 4) is 0 Å². The van der Waals surface area contributed by atoms with E-state index < -0.39 is 5.97 Å². The van der Waals surface area contributed by atoms with Gasteiger partial charge in [-0.1, -0.05) is 19.9 Å². The Labute approximate surface area is 105 Å². The molecule has 2 rings (SSSR count). The van der Waals surface area contributed by atoms with Gasteiger partial charge in [-0.3, -0.25) is 0 Å². The predicted octanol–water partition coefficient (Wildman–Crippen LogP) is 1.78. The summed E-state index contributed by atoms with van der Waals surface area (Å²) < 4.78 is 1.75. The van der Waals surface area contributed by atoms with Crippen LogP contribution >= 0.6 is 0 Å². The zero-order valence-electron chi connectivity index (χ0n) is 10.6. The smallest absolute Gasteiger partial charge is 0.356 e. The van der Waals surface area contributed by atoms with E-state index in [0.29, 0.717) is 11.6 Å². The third kappa shape index (κ3) is 2.87. The summed E-state index contributed by atoms with van der Waals surface area (Å²) in [5, 5.41) is 12.2. The summed E-state index contributed by atoms with van der Waals surface area (Å²) in [5.74, 6) is -0.390. The molecule has 0 unspecified atom stereocenters. The van der Waals surface area contributed by atoms with E-state index in [1.165, 1.54) is 6.20 Å². The lowest BCUT2D eigenvalue weighted by molar-refractivity contribution is 0.0691. The van der Waals surface area contributed by atoms with Crippen LogP contribution in [0.2, 0.25) is 0 Å². The Balaban J connectivity index is 2.14. The molecule has 0 fully saturated rings. The summed E-state index contributed by atoms with van der Waals surface area (Å²) >= 11 is 0. The van der Waals surface area contributed by atoms with Crippen molar-refractivity contribution in [3.63, 3.8) is 0 Å². The van der Waals surface area contributed by atoms with Crippen molar-refractivity contribution >= 4 is 11.6 Å². The number of nitrogens with zero attached hydrogens (tertiary/aromatic N) is 2. The first-order valence-corrected chi connectivity index (χ1v) is 5.98. The number of carbonyl (C=O) groups is 1. The fraction of sp³-hybridized carbons (Fsp3) is 0.385. The van der Waals surface area contributed by atoms with E-state index in [9.17, 15) is 4.79 Å². The van der Waals surface area contributed by atoms with Crippen molar-refractivity contribution in [1.82, 2.24) is 14.7 Å². The van der Waals surface area contributed by atoms with Crippen LogP contribution in [-0.4, -0.2) is 27.0 Å². The first-order valence-electron chi connectivity index (χ1n) is 5.98. The maximum atomic E-state index is 10.8. The van der Waals surface area contributed by atoms with Crippen LogP contribution in [0.1, 0.15) is 29.9 Å². The molecule has 0 atom stereocenters. The maximum Gasteiger partial charge on any atom is 0.356 e. The molecular formula is C13H17N3O2. The van der Waals surface area contributed by atoms with Gasteiger partial charge in [0.15, 0.2) is 5.69 Å². The van der Waals surface area contributed by atoms with Crippen molar-refractivity contribution < 1.29 is 9.90 Å². The van der Waals surface area contributed by atoms with Crippen molar-refractivity contribution in [1.29, 1.82) is 0 Å². The van der Waals surface area contributed by atoms with Gasteiger partial charge in [-0.05, 0) is 24.1 Å². The number of carboxylic acids is 1. The molecule has 0 saturated heterocycles. The van der Waals surface area contributed by atoms with Gasteiger partial charge in [0, 0.05) is 18.9 Å². The van der Waals surface area contributed by atoms with Gasteiger partial charge in [-0.25, -0.2) is 9.78 Å². The summed E-state index contributed by atoms with van der Waals surface area (Å²) in [4.78, 5) is 14.8. The van der Waals surface area contributed by atoms with Gasteiger partial charge >= 0.3 is 5.97 Å². The first kappa shape index (κ1) is 12.6. The Bertz CT molecular complexity index is 560. The molecule has 18 heavy (non-hydrogen) atoms. The molecule has 2 heterocycles.